The molecule has 1 aliphatic heterocycles. The van der Waals surface area contributed by atoms with Crippen molar-refractivity contribution >= 4 is 11.6 Å². The molecule has 1 aliphatic rings. The summed E-state index contributed by atoms with van der Waals surface area (Å²) < 4.78 is 5.17. The lowest BCUT2D eigenvalue weighted by Gasteiger charge is -2.32. The number of aromatic nitrogens is 1. The molecule has 0 bridgehead atoms. The van der Waals surface area contributed by atoms with E-state index < -0.39 is 0 Å². The Morgan fingerprint density at radius 3 is 3.26 bits per heavy atom. The van der Waals surface area contributed by atoms with Gasteiger partial charge in [0, 0.05) is 26.4 Å². The summed E-state index contributed by atoms with van der Waals surface area (Å²) in [6.07, 6.45) is 3.70. The monoisotopic (exact) mass is 264 g/mol. The van der Waals surface area contributed by atoms with Crippen LogP contribution in [-0.4, -0.2) is 42.6 Å². The van der Waals surface area contributed by atoms with Crippen LogP contribution >= 0.6 is 0 Å². The number of piperidine rings is 1. The van der Waals surface area contributed by atoms with Gasteiger partial charge in [0.2, 0.25) is 0 Å². The SMILES string of the molecule is COCC1CCCN(C(=O)c2cc(NN)ccn2)C1. The molecule has 1 amide bonds. The molecule has 1 atom stereocenters. The summed E-state index contributed by atoms with van der Waals surface area (Å²) in [5.74, 6) is 5.71. The Bertz CT molecular complexity index is 436. The number of amides is 1. The zero-order valence-electron chi connectivity index (χ0n) is 11.1. The fourth-order valence-electron chi connectivity index (χ4n) is 2.42. The third kappa shape index (κ3) is 3.42. The first-order valence-corrected chi connectivity index (χ1v) is 6.45. The lowest BCUT2D eigenvalue weighted by Crippen LogP contribution is -2.41. The summed E-state index contributed by atoms with van der Waals surface area (Å²) in [7, 11) is 1.69. The number of nitrogens with zero attached hydrogens (tertiary/aromatic N) is 2. The normalized spacial score (nSPS) is 19.3. The molecule has 6 heteroatoms. The van der Waals surface area contributed by atoms with E-state index in [9.17, 15) is 4.79 Å². The molecule has 0 aliphatic carbocycles. The number of carbonyl (C=O) groups excluding carboxylic acids is 1. The van der Waals surface area contributed by atoms with Crippen LogP contribution < -0.4 is 11.3 Å². The van der Waals surface area contributed by atoms with E-state index in [-0.39, 0.29) is 5.91 Å². The molecular weight excluding hydrogens is 244 g/mol. The standard InChI is InChI=1S/C13H20N4O2/c1-19-9-10-3-2-6-17(8-10)13(18)12-7-11(16-14)4-5-15-12/h4-5,7,10H,2-3,6,8-9,14H2,1H3,(H,15,16). The number of nitrogens with one attached hydrogen (secondary N) is 1. The minimum absolute atomic E-state index is 0.0436. The van der Waals surface area contributed by atoms with Crippen molar-refractivity contribution in [2.75, 3.05) is 32.2 Å². The summed E-state index contributed by atoms with van der Waals surface area (Å²) in [5, 5.41) is 0. The highest BCUT2D eigenvalue weighted by Crippen LogP contribution is 2.19. The van der Waals surface area contributed by atoms with E-state index in [4.69, 9.17) is 10.6 Å². The molecule has 2 rings (SSSR count). The second kappa shape index (κ2) is 6.49. The summed E-state index contributed by atoms with van der Waals surface area (Å²) in [6.45, 7) is 2.21. The van der Waals surface area contributed by atoms with Gasteiger partial charge in [-0.1, -0.05) is 0 Å². The Labute approximate surface area is 112 Å². The molecule has 19 heavy (non-hydrogen) atoms. The van der Waals surface area contributed by atoms with Crippen LogP contribution in [0, 0.1) is 5.92 Å². The van der Waals surface area contributed by atoms with Crippen molar-refractivity contribution in [3.05, 3.63) is 24.0 Å². The average molecular weight is 264 g/mol. The lowest BCUT2D eigenvalue weighted by molar-refractivity contribution is 0.0566. The van der Waals surface area contributed by atoms with Gasteiger partial charge in [-0.15, -0.1) is 0 Å². The van der Waals surface area contributed by atoms with Crippen LogP contribution in [0.2, 0.25) is 0 Å². The summed E-state index contributed by atoms with van der Waals surface area (Å²) in [6, 6.07) is 3.39. The smallest absolute Gasteiger partial charge is 0.272 e. The van der Waals surface area contributed by atoms with Gasteiger partial charge in [-0.3, -0.25) is 15.6 Å². The van der Waals surface area contributed by atoms with E-state index >= 15 is 0 Å². The number of anilines is 1. The fraction of sp³-hybridized carbons (Fsp3) is 0.538. The van der Waals surface area contributed by atoms with E-state index in [0.29, 0.717) is 23.9 Å². The molecule has 3 N–H and O–H groups in total. The highest BCUT2D eigenvalue weighted by molar-refractivity contribution is 5.93. The first kappa shape index (κ1) is 13.8. The van der Waals surface area contributed by atoms with Gasteiger partial charge < -0.3 is 15.1 Å². The average Bonchev–Trinajstić information content (AvgIpc) is 2.47. The third-order valence-electron chi connectivity index (χ3n) is 3.35. The Kier molecular flexibility index (Phi) is 4.70. The molecule has 0 aromatic carbocycles. The predicted octanol–water partition coefficient (Wildman–Crippen LogP) is 0.866. The van der Waals surface area contributed by atoms with Crippen molar-refractivity contribution in [3.8, 4) is 0 Å². The maximum Gasteiger partial charge on any atom is 0.272 e. The lowest BCUT2D eigenvalue weighted by atomic mass is 9.98. The van der Waals surface area contributed by atoms with Crippen LogP contribution in [0.1, 0.15) is 23.3 Å². The molecule has 1 aromatic rings. The molecule has 104 valence electrons. The van der Waals surface area contributed by atoms with Crippen molar-refractivity contribution in [1.29, 1.82) is 0 Å². The highest BCUT2D eigenvalue weighted by atomic mass is 16.5. The number of carbonyl (C=O) groups is 1. The van der Waals surface area contributed by atoms with Crippen molar-refractivity contribution < 1.29 is 9.53 Å². The number of hydrogen-bond acceptors (Lipinski definition) is 5. The van der Waals surface area contributed by atoms with Gasteiger partial charge in [-0.05, 0) is 30.9 Å². The number of ether oxygens (including phenoxy) is 1. The Morgan fingerprint density at radius 1 is 1.68 bits per heavy atom. The first-order chi connectivity index (χ1) is 9.24. The second-order valence-corrected chi connectivity index (χ2v) is 4.79. The number of hydrazine groups is 1. The number of nitrogen functional groups attached to an aromatic ring is 1. The van der Waals surface area contributed by atoms with E-state index in [1.807, 2.05) is 4.90 Å². The minimum atomic E-state index is -0.0436. The van der Waals surface area contributed by atoms with Crippen LogP contribution in [0.5, 0.6) is 0 Å². The number of likely N-dealkylation sites (tertiary alicyclic amines) is 1. The number of rotatable bonds is 4. The van der Waals surface area contributed by atoms with Gasteiger partial charge in [0.05, 0.1) is 12.3 Å². The van der Waals surface area contributed by atoms with Gasteiger partial charge in [0.1, 0.15) is 5.69 Å². The molecule has 1 aromatic heterocycles. The Hall–Kier alpha value is -1.66. The van der Waals surface area contributed by atoms with Crippen molar-refractivity contribution in [1.82, 2.24) is 9.88 Å². The van der Waals surface area contributed by atoms with Crippen molar-refractivity contribution in [2.45, 2.75) is 12.8 Å². The number of pyridine rings is 1. The maximum absolute atomic E-state index is 12.4. The van der Waals surface area contributed by atoms with Gasteiger partial charge in [-0.25, -0.2) is 0 Å². The molecule has 0 saturated carbocycles. The van der Waals surface area contributed by atoms with Gasteiger partial charge in [-0.2, -0.15) is 0 Å². The fourth-order valence-corrected chi connectivity index (χ4v) is 2.42. The van der Waals surface area contributed by atoms with Crippen molar-refractivity contribution in [2.24, 2.45) is 11.8 Å². The van der Waals surface area contributed by atoms with Crippen LogP contribution in [-0.2, 0) is 4.74 Å². The third-order valence-corrected chi connectivity index (χ3v) is 3.35. The second-order valence-electron chi connectivity index (χ2n) is 4.79. The molecular formula is C13H20N4O2. The molecule has 6 nitrogen and oxygen atoms in total. The summed E-state index contributed by atoms with van der Waals surface area (Å²) in [5.41, 5.74) is 3.63. The molecule has 0 spiro atoms. The maximum atomic E-state index is 12.4. The largest absolute Gasteiger partial charge is 0.384 e. The Balaban J connectivity index is 2.05. The van der Waals surface area contributed by atoms with Crippen LogP contribution in [0.15, 0.2) is 18.3 Å². The van der Waals surface area contributed by atoms with Crippen LogP contribution in [0.4, 0.5) is 5.69 Å². The van der Waals surface area contributed by atoms with Gasteiger partial charge >= 0.3 is 0 Å². The quantitative estimate of drug-likeness (QED) is 0.623. The van der Waals surface area contributed by atoms with Crippen molar-refractivity contribution in [3.63, 3.8) is 0 Å². The molecule has 2 heterocycles. The van der Waals surface area contributed by atoms with E-state index in [2.05, 4.69) is 10.4 Å². The zero-order valence-corrected chi connectivity index (χ0v) is 11.1. The summed E-state index contributed by atoms with van der Waals surface area (Å²) >= 11 is 0. The van der Waals surface area contributed by atoms with E-state index in [1.165, 1.54) is 0 Å². The number of nitrogens with two attached hydrogens (primary N) is 1. The van der Waals surface area contributed by atoms with E-state index in [0.717, 1.165) is 25.9 Å². The zero-order chi connectivity index (χ0) is 13.7. The van der Waals surface area contributed by atoms with Crippen LogP contribution in [0.3, 0.4) is 0 Å². The van der Waals surface area contributed by atoms with Gasteiger partial charge in [0.25, 0.3) is 5.91 Å². The molecule has 0 radical (unpaired) electrons. The predicted molar refractivity (Wildman–Crippen MR) is 72.6 cm³/mol. The highest BCUT2D eigenvalue weighted by Gasteiger charge is 2.25. The van der Waals surface area contributed by atoms with Gasteiger partial charge in [0.15, 0.2) is 0 Å². The molecule has 1 fully saturated rings. The van der Waals surface area contributed by atoms with Crippen LogP contribution in [0.25, 0.3) is 0 Å². The van der Waals surface area contributed by atoms with E-state index in [1.54, 1.807) is 25.4 Å². The minimum Gasteiger partial charge on any atom is -0.384 e. The number of hydrogen-bond donors (Lipinski definition) is 2. The molecule has 1 unspecified atom stereocenters. The first-order valence-electron chi connectivity index (χ1n) is 6.45. The number of methoxy groups -OCH3 is 1. The summed E-state index contributed by atoms with van der Waals surface area (Å²) in [4.78, 5) is 18.3. The molecule has 1 saturated heterocycles. The Morgan fingerprint density at radius 2 is 2.53 bits per heavy atom. The topological polar surface area (TPSA) is 80.5 Å².